The molecule has 4 heteroatoms. The zero-order valence-corrected chi connectivity index (χ0v) is 11.8. The summed E-state index contributed by atoms with van der Waals surface area (Å²) in [7, 11) is 0. The third-order valence-corrected chi connectivity index (χ3v) is 3.07. The second-order valence-corrected chi connectivity index (χ2v) is 4.61. The van der Waals surface area contributed by atoms with Crippen LogP contribution < -0.4 is 10.1 Å². The first kappa shape index (κ1) is 15.0. The summed E-state index contributed by atoms with van der Waals surface area (Å²) in [6.45, 7) is 5.84. The van der Waals surface area contributed by atoms with Crippen molar-refractivity contribution in [1.29, 1.82) is 0 Å². The van der Waals surface area contributed by atoms with Crippen LogP contribution in [0.3, 0.4) is 0 Å². The summed E-state index contributed by atoms with van der Waals surface area (Å²) < 4.78 is 33.1. The number of benzene rings is 2. The summed E-state index contributed by atoms with van der Waals surface area (Å²) in [5, 5.41) is 2.80. The molecule has 0 heterocycles. The topological polar surface area (TPSA) is 21.3 Å². The Morgan fingerprint density at radius 2 is 1.95 bits per heavy atom. The monoisotopic (exact) mass is 289 g/mol. The lowest BCUT2D eigenvalue weighted by atomic mass is 10.1. The van der Waals surface area contributed by atoms with Gasteiger partial charge in [0.15, 0.2) is 5.82 Å². The van der Waals surface area contributed by atoms with Gasteiger partial charge in [0, 0.05) is 12.1 Å². The summed E-state index contributed by atoms with van der Waals surface area (Å²) in [6, 6.07) is 10.0. The Morgan fingerprint density at radius 3 is 2.71 bits per heavy atom. The molecule has 0 unspecified atom stereocenters. The van der Waals surface area contributed by atoms with Gasteiger partial charge in [0.2, 0.25) is 0 Å². The van der Waals surface area contributed by atoms with E-state index in [2.05, 4.69) is 11.9 Å². The van der Waals surface area contributed by atoms with Crippen LogP contribution in [0.15, 0.2) is 49.1 Å². The van der Waals surface area contributed by atoms with Crippen LogP contribution in [-0.2, 0) is 6.54 Å². The minimum Gasteiger partial charge on any atom is -0.489 e. The first-order chi connectivity index (χ1) is 10.1. The second-order valence-electron chi connectivity index (χ2n) is 4.61. The van der Waals surface area contributed by atoms with E-state index in [9.17, 15) is 8.78 Å². The van der Waals surface area contributed by atoms with Crippen molar-refractivity contribution in [2.24, 2.45) is 0 Å². The van der Waals surface area contributed by atoms with Crippen molar-refractivity contribution in [2.75, 3.05) is 11.9 Å². The molecule has 0 bridgehead atoms. The normalized spacial score (nSPS) is 10.2. The molecule has 0 radical (unpaired) electrons. The summed E-state index contributed by atoms with van der Waals surface area (Å²) in [4.78, 5) is 0. The fraction of sp³-hybridized carbons (Fsp3) is 0.176. The second kappa shape index (κ2) is 6.88. The van der Waals surface area contributed by atoms with Gasteiger partial charge < -0.3 is 10.1 Å². The molecule has 0 aliphatic heterocycles. The van der Waals surface area contributed by atoms with Gasteiger partial charge in [-0.2, -0.15) is 0 Å². The highest BCUT2D eigenvalue weighted by Gasteiger charge is 2.12. The first-order valence-electron chi connectivity index (χ1n) is 6.63. The van der Waals surface area contributed by atoms with Crippen molar-refractivity contribution < 1.29 is 13.5 Å². The fourth-order valence-electron chi connectivity index (χ4n) is 1.94. The van der Waals surface area contributed by atoms with E-state index in [1.54, 1.807) is 13.0 Å². The van der Waals surface area contributed by atoms with Crippen molar-refractivity contribution >= 4 is 5.69 Å². The van der Waals surface area contributed by atoms with Crippen molar-refractivity contribution in [2.45, 2.75) is 13.5 Å². The van der Waals surface area contributed by atoms with Crippen molar-refractivity contribution in [3.05, 3.63) is 71.8 Å². The maximum absolute atomic E-state index is 13.9. The number of anilines is 1. The van der Waals surface area contributed by atoms with Gasteiger partial charge in [-0.15, -0.1) is 0 Å². The molecule has 0 fully saturated rings. The Labute approximate surface area is 123 Å². The summed E-state index contributed by atoms with van der Waals surface area (Å²) in [5.41, 5.74) is 1.10. The van der Waals surface area contributed by atoms with Gasteiger partial charge in [-0.25, -0.2) is 8.78 Å². The van der Waals surface area contributed by atoms with Gasteiger partial charge in [-0.1, -0.05) is 36.9 Å². The third-order valence-electron chi connectivity index (χ3n) is 3.07. The quantitative estimate of drug-likeness (QED) is 0.793. The predicted molar refractivity (Wildman–Crippen MR) is 80.6 cm³/mol. The number of hydrogen-bond acceptors (Lipinski definition) is 2. The highest BCUT2D eigenvalue weighted by atomic mass is 19.1. The molecule has 21 heavy (non-hydrogen) atoms. The number of nitrogens with one attached hydrogen (secondary N) is 1. The van der Waals surface area contributed by atoms with Gasteiger partial charge in [0.1, 0.15) is 23.9 Å². The molecule has 0 aliphatic carbocycles. The molecule has 0 saturated carbocycles. The molecule has 1 N–H and O–H groups in total. The van der Waals surface area contributed by atoms with Crippen LogP contribution in [0.2, 0.25) is 0 Å². The molecule has 0 aromatic heterocycles. The Hall–Kier alpha value is -2.36. The molecule has 0 spiro atoms. The molecule has 2 aromatic carbocycles. The van der Waals surface area contributed by atoms with E-state index in [-0.39, 0.29) is 12.2 Å². The Balaban J connectivity index is 2.17. The Bertz CT molecular complexity index is 641. The van der Waals surface area contributed by atoms with E-state index in [0.29, 0.717) is 17.9 Å². The molecule has 0 saturated heterocycles. The standard InChI is InChI=1S/C17H17F2NO/c1-3-10-21-15-7-5-4-6-13(15)11-20-17-14(18)9-8-12(2)16(17)19/h3-9,20H,1,10-11H2,2H3. The van der Waals surface area contributed by atoms with Crippen LogP contribution in [0, 0.1) is 18.6 Å². The zero-order chi connectivity index (χ0) is 15.2. The molecule has 0 amide bonds. The molecular weight excluding hydrogens is 272 g/mol. The van der Waals surface area contributed by atoms with E-state index in [4.69, 9.17) is 4.74 Å². The van der Waals surface area contributed by atoms with Gasteiger partial charge in [-0.3, -0.25) is 0 Å². The Kier molecular flexibility index (Phi) is 4.93. The summed E-state index contributed by atoms with van der Waals surface area (Å²) in [5.74, 6) is -0.513. The van der Waals surface area contributed by atoms with Crippen molar-refractivity contribution in [1.82, 2.24) is 0 Å². The van der Waals surface area contributed by atoms with E-state index < -0.39 is 11.6 Å². The average molecular weight is 289 g/mol. The van der Waals surface area contributed by atoms with Gasteiger partial charge in [0.05, 0.1) is 0 Å². The maximum Gasteiger partial charge on any atom is 0.152 e. The predicted octanol–water partition coefficient (Wildman–Crippen LogP) is 4.45. The van der Waals surface area contributed by atoms with Gasteiger partial charge in [-0.05, 0) is 24.6 Å². The van der Waals surface area contributed by atoms with Crippen LogP contribution >= 0.6 is 0 Å². The third kappa shape index (κ3) is 3.60. The fourth-order valence-corrected chi connectivity index (χ4v) is 1.94. The largest absolute Gasteiger partial charge is 0.489 e. The number of aryl methyl sites for hydroxylation is 1. The highest BCUT2D eigenvalue weighted by Crippen LogP contribution is 2.24. The average Bonchev–Trinajstić information content (AvgIpc) is 2.50. The first-order valence-corrected chi connectivity index (χ1v) is 6.63. The minimum absolute atomic E-state index is 0.117. The maximum atomic E-state index is 13.9. The number of halogens is 2. The molecule has 2 rings (SSSR count). The summed E-state index contributed by atoms with van der Waals surface area (Å²) in [6.07, 6.45) is 1.64. The van der Waals surface area contributed by atoms with Crippen LogP contribution in [-0.4, -0.2) is 6.61 Å². The van der Waals surface area contributed by atoms with E-state index in [1.807, 2.05) is 24.3 Å². The van der Waals surface area contributed by atoms with Crippen LogP contribution in [0.5, 0.6) is 5.75 Å². The molecule has 0 atom stereocenters. The minimum atomic E-state index is -0.609. The number of rotatable bonds is 6. The lowest BCUT2D eigenvalue weighted by molar-refractivity contribution is 0.359. The summed E-state index contributed by atoms with van der Waals surface area (Å²) >= 11 is 0. The van der Waals surface area contributed by atoms with E-state index >= 15 is 0 Å². The van der Waals surface area contributed by atoms with Crippen molar-refractivity contribution in [3.63, 3.8) is 0 Å². The van der Waals surface area contributed by atoms with Crippen molar-refractivity contribution in [3.8, 4) is 5.75 Å². The zero-order valence-electron chi connectivity index (χ0n) is 11.8. The van der Waals surface area contributed by atoms with Crippen LogP contribution in [0.25, 0.3) is 0 Å². The lowest BCUT2D eigenvalue weighted by Gasteiger charge is -2.13. The van der Waals surface area contributed by atoms with E-state index in [1.165, 1.54) is 12.1 Å². The smallest absolute Gasteiger partial charge is 0.152 e. The number of hydrogen-bond donors (Lipinski definition) is 1. The van der Waals surface area contributed by atoms with E-state index in [0.717, 1.165) is 5.56 Å². The van der Waals surface area contributed by atoms with Gasteiger partial charge >= 0.3 is 0 Å². The Morgan fingerprint density at radius 1 is 1.19 bits per heavy atom. The number of para-hydroxylation sites is 1. The lowest BCUT2D eigenvalue weighted by Crippen LogP contribution is -2.07. The number of ether oxygens (including phenoxy) is 1. The van der Waals surface area contributed by atoms with Crippen LogP contribution in [0.4, 0.5) is 14.5 Å². The molecular formula is C17H17F2NO. The molecule has 110 valence electrons. The van der Waals surface area contributed by atoms with Crippen LogP contribution in [0.1, 0.15) is 11.1 Å². The molecule has 2 aromatic rings. The molecule has 2 nitrogen and oxygen atoms in total. The highest BCUT2D eigenvalue weighted by molar-refractivity contribution is 5.50. The molecule has 0 aliphatic rings. The SMILES string of the molecule is C=CCOc1ccccc1CNc1c(F)ccc(C)c1F. The van der Waals surface area contributed by atoms with Gasteiger partial charge in [0.25, 0.3) is 0 Å².